The normalized spacial score (nSPS) is 13.0. The Hall–Kier alpha value is -0.367. The Labute approximate surface area is 105 Å². The van der Waals surface area contributed by atoms with Crippen LogP contribution in [0.15, 0.2) is 30.3 Å². The first-order valence-electron chi connectivity index (χ1n) is 5.12. The van der Waals surface area contributed by atoms with E-state index in [4.69, 9.17) is 0 Å². The molecule has 0 unspecified atom stereocenters. The minimum atomic E-state index is -5.04. The third-order valence-corrected chi connectivity index (χ3v) is 2.29. The van der Waals surface area contributed by atoms with Gasteiger partial charge in [0.2, 0.25) is 0 Å². The van der Waals surface area contributed by atoms with Gasteiger partial charge in [0.1, 0.15) is 0 Å². The Balaban J connectivity index is 0.000000280. The average molecular weight is 305 g/mol. The van der Waals surface area contributed by atoms with Crippen LogP contribution in [0.2, 0.25) is 0 Å². The summed E-state index contributed by atoms with van der Waals surface area (Å²) in [6.45, 7) is 2.22. The zero-order valence-corrected chi connectivity index (χ0v) is 11.5. The summed E-state index contributed by atoms with van der Waals surface area (Å²) in [5, 5.41) is 0. The number of allylic oxidation sites excluding steroid dienone is 1. The summed E-state index contributed by atoms with van der Waals surface area (Å²) in [5.74, 6) is 1.49. The molecule has 0 aliphatic heterocycles. The summed E-state index contributed by atoms with van der Waals surface area (Å²) in [4.78, 5) is 0. The van der Waals surface area contributed by atoms with Gasteiger partial charge in [-0.1, -0.05) is 49.8 Å². The van der Waals surface area contributed by atoms with Gasteiger partial charge in [0.15, 0.2) is 0 Å². The van der Waals surface area contributed by atoms with Gasteiger partial charge >= 0.3 is 31.5 Å². The van der Waals surface area contributed by atoms with Crippen molar-refractivity contribution in [2.75, 3.05) is 0 Å². The Kier molecular flexibility index (Phi) is 6.04. The van der Waals surface area contributed by atoms with E-state index in [9.17, 15) is 7.88 Å². The van der Waals surface area contributed by atoms with Crippen molar-refractivity contribution in [1.82, 2.24) is 0 Å². The quantitative estimate of drug-likeness (QED) is 0.743. The Morgan fingerprint density at radius 1 is 1.06 bits per heavy atom. The number of hydrogen-bond acceptors (Lipinski definition) is 0. The minimum absolute atomic E-state index is 1.20. The second kappa shape index (κ2) is 7.06. The average Bonchev–Trinajstić information content (AvgIpc) is 2.62. The maximum atomic E-state index is 9.86. The second-order valence-corrected chi connectivity index (χ2v) is 4.46. The zero-order chi connectivity index (χ0) is 12.0. The van der Waals surface area contributed by atoms with Gasteiger partial charge in [0.05, 0.1) is 0 Å². The standard InChI is InChI=1S/C12H13.3FH.Zr/c1-2-5-10-8-9-11-6-3-4-7-12(10)11;;;;/h3-4,6-9H,2,5H2,1H3;3*1H;/q;;;;+3/p-3. The third-order valence-electron chi connectivity index (χ3n) is 2.29. The molecule has 1 radical (unpaired) electrons. The van der Waals surface area contributed by atoms with Gasteiger partial charge in [0, 0.05) is 5.92 Å². The molecule has 2 rings (SSSR count). The van der Waals surface area contributed by atoms with Crippen LogP contribution in [0, 0.1) is 5.92 Å². The van der Waals surface area contributed by atoms with Crippen LogP contribution in [0.25, 0.3) is 6.08 Å². The predicted octanol–water partition coefficient (Wildman–Crippen LogP) is 4.69. The van der Waals surface area contributed by atoms with Crippen molar-refractivity contribution >= 4 is 6.08 Å². The predicted molar refractivity (Wildman–Crippen MR) is 56.1 cm³/mol. The van der Waals surface area contributed by atoms with Crippen molar-refractivity contribution in [2.45, 2.75) is 19.8 Å². The second-order valence-electron chi connectivity index (χ2n) is 3.41. The van der Waals surface area contributed by atoms with Crippen LogP contribution in [0.3, 0.4) is 0 Å². The number of rotatable bonds is 2. The van der Waals surface area contributed by atoms with Crippen LogP contribution < -0.4 is 0 Å². The van der Waals surface area contributed by atoms with Crippen LogP contribution in [0.1, 0.15) is 30.9 Å². The number of benzene rings is 1. The molecule has 1 aliphatic carbocycles. The topological polar surface area (TPSA) is 0 Å². The van der Waals surface area contributed by atoms with Crippen LogP contribution in [0.5, 0.6) is 0 Å². The summed E-state index contributed by atoms with van der Waals surface area (Å²) >= 11 is -5.04. The molecular weight excluding hydrogens is 292 g/mol. The molecule has 0 aromatic heterocycles. The molecule has 0 amide bonds. The maximum absolute atomic E-state index is 9.86. The van der Waals surface area contributed by atoms with E-state index in [1.54, 1.807) is 0 Å². The van der Waals surface area contributed by atoms with E-state index in [0.717, 1.165) is 0 Å². The monoisotopic (exact) mass is 304 g/mol. The van der Waals surface area contributed by atoms with Gasteiger partial charge in [-0.05, 0) is 17.5 Å². The SMILES string of the molecule is CCC[C]1C=Cc2ccccc21.[F][Zr]([F])[F]. The van der Waals surface area contributed by atoms with Crippen LogP contribution >= 0.6 is 0 Å². The van der Waals surface area contributed by atoms with Crippen molar-refractivity contribution in [3.63, 3.8) is 0 Å². The molecule has 1 aromatic rings. The van der Waals surface area contributed by atoms with Crippen LogP contribution in [0.4, 0.5) is 7.88 Å². The molecule has 0 saturated heterocycles. The van der Waals surface area contributed by atoms with Gasteiger partial charge < -0.3 is 0 Å². The van der Waals surface area contributed by atoms with Crippen LogP contribution in [-0.4, -0.2) is 0 Å². The zero-order valence-electron chi connectivity index (χ0n) is 9.01. The van der Waals surface area contributed by atoms with E-state index in [1.807, 2.05) is 0 Å². The van der Waals surface area contributed by atoms with Gasteiger partial charge in [-0.15, -0.1) is 0 Å². The third kappa shape index (κ3) is 4.25. The Bertz CT molecular complexity index is 347. The molecule has 0 nitrogen and oxygen atoms in total. The van der Waals surface area contributed by atoms with E-state index >= 15 is 0 Å². The van der Waals surface area contributed by atoms with E-state index in [1.165, 1.54) is 29.9 Å². The fraction of sp³-hybridized carbons (Fsp3) is 0.250. The molecule has 16 heavy (non-hydrogen) atoms. The summed E-state index contributed by atoms with van der Waals surface area (Å²) in [5.41, 5.74) is 2.81. The van der Waals surface area contributed by atoms with Crippen LogP contribution in [-0.2, 0) is 23.6 Å². The molecular formula is C12H13F3Zr. The molecule has 0 atom stereocenters. The molecule has 0 fully saturated rings. The number of fused-ring (bicyclic) bond motifs is 1. The first-order valence-corrected chi connectivity index (χ1v) is 7.90. The van der Waals surface area contributed by atoms with Gasteiger partial charge in [-0.2, -0.15) is 0 Å². The molecule has 0 spiro atoms. The number of halogens is 3. The van der Waals surface area contributed by atoms with Crippen molar-refractivity contribution in [3.8, 4) is 0 Å². The van der Waals surface area contributed by atoms with E-state index < -0.39 is 23.6 Å². The Morgan fingerprint density at radius 2 is 1.69 bits per heavy atom. The molecule has 86 valence electrons. The fourth-order valence-electron chi connectivity index (χ4n) is 1.70. The first kappa shape index (κ1) is 13.7. The molecule has 0 N–H and O–H groups in total. The summed E-state index contributed by atoms with van der Waals surface area (Å²) in [6, 6.07) is 8.59. The van der Waals surface area contributed by atoms with E-state index in [-0.39, 0.29) is 0 Å². The Morgan fingerprint density at radius 3 is 2.31 bits per heavy atom. The molecule has 0 bridgehead atoms. The first-order chi connectivity index (χ1) is 7.65. The van der Waals surface area contributed by atoms with Gasteiger partial charge in [0.25, 0.3) is 0 Å². The number of hydrogen-bond donors (Lipinski definition) is 0. The molecule has 0 saturated carbocycles. The van der Waals surface area contributed by atoms with E-state index in [2.05, 4.69) is 43.3 Å². The molecule has 1 aliphatic rings. The summed E-state index contributed by atoms with van der Waals surface area (Å²) in [7, 11) is 0. The fourth-order valence-corrected chi connectivity index (χ4v) is 1.70. The molecule has 1 aromatic carbocycles. The van der Waals surface area contributed by atoms with Crippen molar-refractivity contribution in [1.29, 1.82) is 0 Å². The van der Waals surface area contributed by atoms with Crippen molar-refractivity contribution < 1.29 is 31.5 Å². The van der Waals surface area contributed by atoms with Crippen molar-refractivity contribution in [2.24, 2.45) is 0 Å². The van der Waals surface area contributed by atoms with Gasteiger partial charge in [-0.25, -0.2) is 0 Å². The van der Waals surface area contributed by atoms with Crippen molar-refractivity contribution in [3.05, 3.63) is 47.4 Å². The molecule has 0 heterocycles. The summed E-state index contributed by atoms with van der Waals surface area (Å²) < 4.78 is 29.6. The summed E-state index contributed by atoms with van der Waals surface area (Å²) in [6.07, 6.45) is 6.88. The van der Waals surface area contributed by atoms with Gasteiger partial charge in [-0.3, -0.25) is 0 Å². The molecule has 4 heteroatoms. The van der Waals surface area contributed by atoms with E-state index in [0.29, 0.717) is 0 Å².